The molecule has 1 heterocycles. The van der Waals surface area contributed by atoms with Gasteiger partial charge in [0.1, 0.15) is 5.82 Å². The molecule has 4 rings (SSSR count). The van der Waals surface area contributed by atoms with Gasteiger partial charge in [-0.05, 0) is 54.6 Å². The Morgan fingerprint density at radius 3 is 2.65 bits per heavy atom. The van der Waals surface area contributed by atoms with E-state index in [0.29, 0.717) is 44.5 Å². The highest BCUT2D eigenvalue weighted by Gasteiger charge is 2.16. The zero-order valence-electron chi connectivity index (χ0n) is 20.4. The molecule has 37 heavy (non-hydrogen) atoms. The maximum Gasteiger partial charge on any atom is 0.282 e. The van der Waals surface area contributed by atoms with E-state index in [4.69, 9.17) is 21.1 Å². The second kappa shape index (κ2) is 11.6. The molecule has 0 aliphatic heterocycles. The van der Waals surface area contributed by atoms with Crippen molar-refractivity contribution in [1.82, 2.24) is 9.66 Å². The fraction of sp³-hybridized carbons (Fsp3) is 0.185. The summed E-state index contributed by atoms with van der Waals surface area (Å²) in [6.07, 6.45) is 1.49. The van der Waals surface area contributed by atoms with Crippen LogP contribution in [0, 0.1) is 0 Å². The summed E-state index contributed by atoms with van der Waals surface area (Å²) in [5.74, 6) is 0.828. The zero-order valence-corrected chi connectivity index (χ0v) is 22.7. The van der Waals surface area contributed by atoms with E-state index < -0.39 is 0 Å². The lowest BCUT2D eigenvalue weighted by Crippen LogP contribution is -2.23. The van der Waals surface area contributed by atoms with Crippen LogP contribution in [0.4, 0.5) is 5.69 Å². The minimum atomic E-state index is -0.362. The number of rotatable bonds is 8. The van der Waals surface area contributed by atoms with Gasteiger partial charge >= 0.3 is 0 Å². The Morgan fingerprint density at radius 2 is 1.95 bits per heavy atom. The lowest BCUT2D eigenvalue weighted by Gasteiger charge is -2.14. The molecule has 0 radical (unpaired) electrons. The van der Waals surface area contributed by atoms with Crippen molar-refractivity contribution >= 4 is 56.2 Å². The lowest BCUT2D eigenvalue weighted by molar-refractivity contribution is -0.118. The molecule has 10 heteroatoms. The van der Waals surface area contributed by atoms with Crippen LogP contribution in [-0.4, -0.2) is 35.5 Å². The number of nitrogens with one attached hydrogen (secondary N) is 1. The molecule has 0 bridgehead atoms. The highest BCUT2D eigenvalue weighted by Crippen LogP contribution is 2.30. The van der Waals surface area contributed by atoms with Gasteiger partial charge in [0.05, 0.1) is 24.2 Å². The molecule has 0 saturated heterocycles. The van der Waals surface area contributed by atoms with Crippen LogP contribution in [0.25, 0.3) is 10.9 Å². The van der Waals surface area contributed by atoms with E-state index in [0.717, 1.165) is 4.47 Å². The number of hydrogen-bond acceptors (Lipinski definition) is 6. The average molecular weight is 584 g/mol. The van der Waals surface area contributed by atoms with Gasteiger partial charge in [0, 0.05) is 26.7 Å². The van der Waals surface area contributed by atoms with E-state index in [1.54, 1.807) is 54.6 Å². The maximum absolute atomic E-state index is 13.3. The van der Waals surface area contributed by atoms with Crippen LogP contribution in [0.1, 0.15) is 31.2 Å². The average Bonchev–Trinajstić information content (AvgIpc) is 2.88. The van der Waals surface area contributed by atoms with Crippen LogP contribution in [0.3, 0.4) is 0 Å². The number of aromatic nitrogens is 2. The predicted octanol–water partition coefficient (Wildman–Crippen LogP) is 5.84. The molecule has 190 valence electrons. The summed E-state index contributed by atoms with van der Waals surface area (Å²) in [5, 5.41) is 8.23. The number of fused-ring (bicyclic) bond motifs is 1. The van der Waals surface area contributed by atoms with Gasteiger partial charge in [0.2, 0.25) is 0 Å². The number of hydrogen-bond donors (Lipinski definition) is 1. The largest absolute Gasteiger partial charge is 0.493 e. The van der Waals surface area contributed by atoms with Gasteiger partial charge in [-0.1, -0.05) is 47.4 Å². The van der Waals surface area contributed by atoms with Gasteiger partial charge < -0.3 is 14.8 Å². The first-order valence-corrected chi connectivity index (χ1v) is 12.6. The molecule has 0 fully saturated rings. The molecular weight excluding hydrogens is 560 g/mol. The molecule has 4 aromatic rings. The van der Waals surface area contributed by atoms with Gasteiger partial charge in [0.25, 0.3) is 11.5 Å². The monoisotopic (exact) mass is 582 g/mol. The van der Waals surface area contributed by atoms with Crippen molar-refractivity contribution < 1.29 is 14.3 Å². The Kier molecular flexibility index (Phi) is 8.25. The quantitative estimate of drug-likeness (QED) is 0.263. The van der Waals surface area contributed by atoms with Gasteiger partial charge in [-0.15, -0.1) is 0 Å². The first kappa shape index (κ1) is 26.4. The highest BCUT2D eigenvalue weighted by atomic mass is 79.9. The van der Waals surface area contributed by atoms with Crippen LogP contribution in [-0.2, 0) is 4.79 Å². The molecule has 0 atom stereocenters. The first-order chi connectivity index (χ1) is 17.8. The lowest BCUT2D eigenvalue weighted by atomic mass is 10.2. The molecule has 0 aliphatic rings. The van der Waals surface area contributed by atoms with Crippen molar-refractivity contribution in [3.05, 3.63) is 91.9 Å². The minimum absolute atomic E-state index is 0.0597. The standard InChI is InChI=1S/C27H24BrClN4O4/c1-16(2)26-32-22-12-7-18(28)13-21(22)27(35)33(26)30-14-17-5-4-6-23(36-3)25(17)37-15-24(34)31-20-10-8-19(29)9-11-20/h4-14,16H,15H2,1-3H3,(H,31,34). The molecule has 1 aromatic heterocycles. The van der Waals surface area contributed by atoms with Gasteiger partial charge in [0.15, 0.2) is 18.1 Å². The maximum atomic E-state index is 13.3. The molecular formula is C27H24BrClN4O4. The van der Waals surface area contributed by atoms with Gasteiger partial charge in [-0.2, -0.15) is 9.78 Å². The van der Waals surface area contributed by atoms with Crippen molar-refractivity contribution in [2.75, 3.05) is 19.0 Å². The molecule has 0 spiro atoms. The Balaban J connectivity index is 1.65. The number of nitrogens with zero attached hydrogens (tertiary/aromatic N) is 3. The predicted molar refractivity (Wildman–Crippen MR) is 149 cm³/mol. The smallest absolute Gasteiger partial charge is 0.282 e. The first-order valence-electron chi connectivity index (χ1n) is 11.4. The minimum Gasteiger partial charge on any atom is -0.493 e. The van der Waals surface area contributed by atoms with Crippen LogP contribution < -0.4 is 20.3 Å². The van der Waals surface area contributed by atoms with Crippen molar-refractivity contribution in [3.8, 4) is 11.5 Å². The normalized spacial score (nSPS) is 11.3. The number of para-hydroxylation sites is 1. The van der Waals surface area contributed by atoms with E-state index >= 15 is 0 Å². The Bertz CT molecular complexity index is 1530. The third-order valence-corrected chi connectivity index (χ3v) is 6.11. The number of methoxy groups -OCH3 is 1. The van der Waals surface area contributed by atoms with Crippen LogP contribution in [0.5, 0.6) is 11.5 Å². The summed E-state index contributed by atoms with van der Waals surface area (Å²) in [7, 11) is 1.50. The molecule has 0 saturated carbocycles. The van der Waals surface area contributed by atoms with Crippen molar-refractivity contribution in [1.29, 1.82) is 0 Å². The number of carbonyl (C=O) groups excluding carboxylic acids is 1. The Hall–Kier alpha value is -3.69. The second-order valence-corrected chi connectivity index (χ2v) is 9.72. The number of halogens is 2. The molecule has 0 aliphatic carbocycles. The topological polar surface area (TPSA) is 94.8 Å². The molecule has 1 amide bonds. The van der Waals surface area contributed by atoms with E-state index in [2.05, 4.69) is 31.3 Å². The summed E-state index contributed by atoms with van der Waals surface area (Å²) >= 11 is 9.30. The summed E-state index contributed by atoms with van der Waals surface area (Å²) in [6, 6.07) is 17.3. The highest BCUT2D eigenvalue weighted by molar-refractivity contribution is 9.10. The third kappa shape index (κ3) is 6.18. The summed E-state index contributed by atoms with van der Waals surface area (Å²) in [6.45, 7) is 3.61. The fourth-order valence-corrected chi connectivity index (χ4v) is 4.08. The van der Waals surface area contributed by atoms with Crippen LogP contribution in [0.2, 0.25) is 5.02 Å². The van der Waals surface area contributed by atoms with E-state index in [1.165, 1.54) is 18.0 Å². The second-order valence-electron chi connectivity index (χ2n) is 8.37. The number of amides is 1. The van der Waals surface area contributed by atoms with Crippen LogP contribution in [0.15, 0.2) is 75.0 Å². The zero-order chi connectivity index (χ0) is 26.5. The van der Waals surface area contributed by atoms with Gasteiger partial charge in [-0.25, -0.2) is 4.98 Å². The number of anilines is 1. The van der Waals surface area contributed by atoms with Crippen LogP contribution >= 0.6 is 27.5 Å². The molecule has 8 nitrogen and oxygen atoms in total. The third-order valence-electron chi connectivity index (χ3n) is 5.37. The summed E-state index contributed by atoms with van der Waals surface area (Å²) in [5.41, 5.74) is 1.42. The van der Waals surface area contributed by atoms with E-state index in [1.807, 2.05) is 19.9 Å². The van der Waals surface area contributed by atoms with Gasteiger partial charge in [-0.3, -0.25) is 9.59 Å². The molecule has 0 unspecified atom stereocenters. The SMILES string of the molecule is COc1cccc(C=Nn2c(C(C)C)nc3ccc(Br)cc3c2=O)c1OCC(=O)Nc1ccc(Cl)cc1. The fourth-order valence-electron chi connectivity index (χ4n) is 3.59. The van der Waals surface area contributed by atoms with E-state index in [9.17, 15) is 9.59 Å². The summed E-state index contributed by atoms with van der Waals surface area (Å²) in [4.78, 5) is 30.5. The number of ether oxygens (including phenoxy) is 2. The van der Waals surface area contributed by atoms with Crippen molar-refractivity contribution in [2.24, 2.45) is 5.10 Å². The van der Waals surface area contributed by atoms with E-state index in [-0.39, 0.29) is 24.0 Å². The molecule has 3 aromatic carbocycles. The number of carbonyl (C=O) groups is 1. The van der Waals surface area contributed by atoms with Crippen molar-refractivity contribution in [3.63, 3.8) is 0 Å². The summed E-state index contributed by atoms with van der Waals surface area (Å²) < 4.78 is 13.3. The Labute approximate surface area is 227 Å². The molecule has 1 N–H and O–H groups in total. The van der Waals surface area contributed by atoms with Crippen molar-refractivity contribution in [2.45, 2.75) is 19.8 Å². The number of benzene rings is 3. The Morgan fingerprint density at radius 1 is 1.19 bits per heavy atom.